The quantitative estimate of drug-likeness (QED) is 0.307. The van der Waals surface area contributed by atoms with Gasteiger partial charge in [0, 0.05) is 24.2 Å². The van der Waals surface area contributed by atoms with E-state index in [9.17, 15) is 4.79 Å². The second kappa shape index (κ2) is 11.2. The van der Waals surface area contributed by atoms with E-state index in [1.54, 1.807) is 36.3 Å². The zero-order chi connectivity index (χ0) is 23.7. The molecule has 1 amide bonds. The number of piperidine rings is 1. The Morgan fingerprint density at radius 1 is 1.31 bits per heavy atom. The number of likely N-dealkylation sites (tertiary alicyclic amines) is 1. The molecule has 2 heterocycles. The zero-order valence-corrected chi connectivity index (χ0v) is 19.3. The zero-order valence-electron chi connectivity index (χ0n) is 19.3. The van der Waals surface area contributed by atoms with Crippen LogP contribution >= 0.6 is 0 Å². The molecule has 0 bridgehead atoms. The van der Waals surface area contributed by atoms with Gasteiger partial charge in [-0.05, 0) is 63.8 Å². The van der Waals surface area contributed by atoms with Gasteiger partial charge in [0.05, 0.1) is 7.11 Å². The lowest BCUT2D eigenvalue weighted by molar-refractivity contribution is 0.0204. The van der Waals surface area contributed by atoms with Gasteiger partial charge >= 0.3 is 6.09 Å². The van der Waals surface area contributed by atoms with Gasteiger partial charge in [0.1, 0.15) is 11.4 Å². The van der Waals surface area contributed by atoms with Crippen LogP contribution in [0.4, 0.5) is 10.6 Å². The van der Waals surface area contributed by atoms with Gasteiger partial charge in [-0.15, -0.1) is 6.42 Å². The monoisotopic (exact) mass is 436 g/mol. The molecule has 2 N–H and O–H groups in total. The fraction of sp³-hybridized carbons (Fsp3) is 0.400. The van der Waals surface area contributed by atoms with Crippen LogP contribution in [0.1, 0.15) is 45.1 Å². The predicted octanol–water partition coefficient (Wildman–Crippen LogP) is 4.50. The molecule has 0 aromatic carbocycles. The molecule has 0 atom stereocenters. The van der Waals surface area contributed by atoms with Gasteiger partial charge in [0.2, 0.25) is 5.88 Å². The number of methoxy groups -OCH3 is 1. The number of hydrogen-bond acceptors (Lipinski definition) is 5. The Morgan fingerprint density at radius 3 is 2.56 bits per heavy atom. The molecule has 1 aliphatic heterocycles. The lowest BCUT2D eigenvalue weighted by Gasteiger charge is -2.33. The minimum atomic E-state index is -0.499. The largest absolute Gasteiger partial charge is 0.481 e. The number of aromatic nitrogens is 1. The van der Waals surface area contributed by atoms with Crippen molar-refractivity contribution < 1.29 is 14.3 Å². The van der Waals surface area contributed by atoms with Crippen molar-refractivity contribution in [1.29, 1.82) is 0 Å². The fourth-order valence-corrected chi connectivity index (χ4v) is 3.22. The molecule has 1 aliphatic rings. The van der Waals surface area contributed by atoms with Gasteiger partial charge in [0.25, 0.3) is 0 Å². The molecule has 1 saturated heterocycles. The third-order valence-electron chi connectivity index (χ3n) is 4.76. The summed E-state index contributed by atoms with van der Waals surface area (Å²) in [6, 6.07) is 3.78. The van der Waals surface area contributed by atoms with E-state index in [0.717, 1.165) is 18.4 Å². The normalized spacial score (nSPS) is 15.7. The molecule has 32 heavy (non-hydrogen) atoms. The molecule has 0 radical (unpaired) electrons. The SMILES string of the molecule is C#CC(=C)/C=C/C=C/C(N)=Nc1ccc(C2CCN(C(=O)OC(C)(C)C)CC2)c(OC)n1. The van der Waals surface area contributed by atoms with Crippen molar-refractivity contribution >= 4 is 17.7 Å². The lowest BCUT2D eigenvalue weighted by atomic mass is 9.90. The summed E-state index contributed by atoms with van der Waals surface area (Å²) in [4.78, 5) is 22.8. The summed E-state index contributed by atoms with van der Waals surface area (Å²) in [5.74, 6) is 3.94. The molecule has 1 aromatic rings. The molecular weight excluding hydrogens is 404 g/mol. The second-order valence-electron chi connectivity index (χ2n) is 8.43. The summed E-state index contributed by atoms with van der Waals surface area (Å²) in [5, 5.41) is 0. The maximum atomic E-state index is 12.3. The highest BCUT2D eigenvalue weighted by atomic mass is 16.6. The first-order valence-corrected chi connectivity index (χ1v) is 10.5. The molecule has 1 fully saturated rings. The number of pyridine rings is 1. The van der Waals surface area contributed by atoms with E-state index >= 15 is 0 Å². The number of carbonyl (C=O) groups is 1. The van der Waals surface area contributed by atoms with Crippen LogP contribution in [0, 0.1) is 12.3 Å². The minimum Gasteiger partial charge on any atom is -0.481 e. The number of aliphatic imine (C=N–C) groups is 1. The van der Waals surface area contributed by atoms with Crippen LogP contribution in [0.5, 0.6) is 5.88 Å². The average Bonchev–Trinajstić information content (AvgIpc) is 2.75. The topological polar surface area (TPSA) is 90.0 Å². The van der Waals surface area contributed by atoms with E-state index in [2.05, 4.69) is 22.5 Å². The number of nitrogens with two attached hydrogens (primary N) is 1. The summed E-state index contributed by atoms with van der Waals surface area (Å²) < 4.78 is 11.0. The van der Waals surface area contributed by atoms with Crippen molar-refractivity contribution in [3.63, 3.8) is 0 Å². The van der Waals surface area contributed by atoms with Crippen LogP contribution in [0.25, 0.3) is 0 Å². The molecular formula is C25H32N4O3. The predicted molar refractivity (Wildman–Crippen MR) is 128 cm³/mol. The van der Waals surface area contributed by atoms with Crippen molar-refractivity contribution in [3.05, 3.63) is 54.2 Å². The molecule has 2 rings (SSSR count). The van der Waals surface area contributed by atoms with Gasteiger partial charge in [-0.2, -0.15) is 4.98 Å². The summed E-state index contributed by atoms with van der Waals surface area (Å²) >= 11 is 0. The summed E-state index contributed by atoms with van der Waals surface area (Å²) in [5.41, 5.74) is 7.03. The van der Waals surface area contributed by atoms with E-state index in [1.807, 2.05) is 32.9 Å². The minimum absolute atomic E-state index is 0.237. The Morgan fingerprint density at radius 2 is 1.97 bits per heavy atom. The molecule has 7 nitrogen and oxygen atoms in total. The smallest absolute Gasteiger partial charge is 0.410 e. The Labute approximate surface area is 190 Å². The molecule has 7 heteroatoms. The highest BCUT2D eigenvalue weighted by Gasteiger charge is 2.29. The number of rotatable bonds is 6. The van der Waals surface area contributed by atoms with Crippen molar-refractivity contribution in [2.75, 3.05) is 20.2 Å². The van der Waals surface area contributed by atoms with E-state index < -0.39 is 5.60 Å². The average molecular weight is 437 g/mol. The number of nitrogens with zero attached hydrogens (tertiary/aromatic N) is 3. The molecule has 0 aliphatic carbocycles. The number of allylic oxidation sites excluding steroid dienone is 4. The van der Waals surface area contributed by atoms with Crippen LogP contribution in [-0.2, 0) is 4.74 Å². The van der Waals surface area contributed by atoms with E-state index in [-0.39, 0.29) is 12.0 Å². The van der Waals surface area contributed by atoms with E-state index in [4.69, 9.17) is 21.6 Å². The first-order chi connectivity index (χ1) is 15.1. The van der Waals surface area contributed by atoms with Crippen LogP contribution in [-0.4, -0.2) is 47.6 Å². The van der Waals surface area contributed by atoms with E-state index in [1.165, 1.54) is 0 Å². The van der Waals surface area contributed by atoms with Crippen LogP contribution < -0.4 is 10.5 Å². The Balaban J connectivity index is 2.04. The van der Waals surface area contributed by atoms with Crippen molar-refractivity contribution in [3.8, 4) is 18.2 Å². The van der Waals surface area contributed by atoms with Gasteiger partial charge in [-0.3, -0.25) is 0 Å². The third-order valence-corrected chi connectivity index (χ3v) is 4.76. The number of amidine groups is 1. The van der Waals surface area contributed by atoms with Gasteiger partial charge in [-0.25, -0.2) is 9.79 Å². The Kier molecular flexibility index (Phi) is 8.65. The summed E-state index contributed by atoms with van der Waals surface area (Å²) in [7, 11) is 1.58. The maximum absolute atomic E-state index is 12.3. The molecule has 170 valence electrons. The Bertz CT molecular complexity index is 956. The fourth-order valence-electron chi connectivity index (χ4n) is 3.22. The van der Waals surface area contributed by atoms with Crippen molar-refractivity contribution in [2.24, 2.45) is 10.7 Å². The van der Waals surface area contributed by atoms with Crippen LogP contribution in [0.3, 0.4) is 0 Å². The highest BCUT2D eigenvalue weighted by molar-refractivity contribution is 5.93. The number of carbonyl (C=O) groups excluding carboxylic acids is 1. The molecule has 1 aromatic heterocycles. The Hall–Kier alpha value is -3.53. The standard InChI is InChI=1S/C25H32N4O3/c1-7-18(2)10-8-9-11-21(26)27-22-13-12-20(23(28-22)31-6)19-14-16-29(17-15-19)24(30)32-25(3,4)5/h1,8-13,19H,2,14-17H2,3-6H3,(H2,26,27,28)/b10-8+,11-9+. The van der Waals surface area contributed by atoms with Crippen LogP contribution in [0.15, 0.2) is 53.6 Å². The lowest BCUT2D eigenvalue weighted by Crippen LogP contribution is -2.41. The van der Waals surface area contributed by atoms with Crippen LogP contribution in [0.2, 0.25) is 0 Å². The van der Waals surface area contributed by atoms with Gasteiger partial charge < -0.3 is 20.1 Å². The molecule has 0 spiro atoms. The van der Waals surface area contributed by atoms with Crippen molar-refractivity contribution in [1.82, 2.24) is 9.88 Å². The highest BCUT2D eigenvalue weighted by Crippen LogP contribution is 2.34. The third kappa shape index (κ3) is 7.62. The van der Waals surface area contributed by atoms with Crippen molar-refractivity contribution in [2.45, 2.75) is 45.1 Å². The number of terminal acetylenes is 1. The first kappa shape index (κ1) is 24.7. The molecule has 0 unspecified atom stereocenters. The van der Waals surface area contributed by atoms with Gasteiger partial charge in [-0.1, -0.05) is 24.7 Å². The van der Waals surface area contributed by atoms with E-state index in [0.29, 0.717) is 36.2 Å². The van der Waals surface area contributed by atoms with Gasteiger partial charge in [0.15, 0.2) is 5.82 Å². The summed E-state index contributed by atoms with van der Waals surface area (Å²) in [6.45, 7) is 10.5. The maximum Gasteiger partial charge on any atom is 0.410 e. The number of hydrogen-bond donors (Lipinski definition) is 1. The summed E-state index contributed by atoms with van der Waals surface area (Å²) in [6.07, 6.45) is 13.4. The first-order valence-electron chi connectivity index (χ1n) is 10.5. The number of ether oxygens (including phenoxy) is 2. The number of amides is 1. The molecule has 0 saturated carbocycles. The second-order valence-corrected chi connectivity index (χ2v) is 8.43.